The number of pyridine rings is 1. The minimum Gasteiger partial charge on any atom is -0.479 e. The largest absolute Gasteiger partial charge is 0.479 e. The predicted octanol–water partition coefficient (Wildman–Crippen LogP) is 1.52. The van der Waals surface area contributed by atoms with E-state index >= 15 is 0 Å². The summed E-state index contributed by atoms with van der Waals surface area (Å²) < 4.78 is 10.0. The molecule has 6 nitrogen and oxygen atoms in total. The number of hydrogen-bond acceptors (Lipinski definition) is 6. The van der Waals surface area contributed by atoms with Crippen LogP contribution in [0.2, 0.25) is 0 Å². The third-order valence-corrected chi connectivity index (χ3v) is 2.78. The average Bonchev–Trinajstić information content (AvgIpc) is 2.43. The first-order valence-corrected chi connectivity index (χ1v) is 6.09. The Balaban J connectivity index is 3.13. The maximum absolute atomic E-state index is 11.7. The average molecular weight is 267 g/mol. The third-order valence-electron chi connectivity index (χ3n) is 2.78. The molecule has 106 valence electrons. The van der Waals surface area contributed by atoms with Crippen LogP contribution in [0.5, 0.6) is 5.88 Å². The topological polar surface area (TPSA) is 63.7 Å². The summed E-state index contributed by atoms with van der Waals surface area (Å²) in [4.78, 5) is 17.7. The van der Waals surface area contributed by atoms with Crippen LogP contribution in [0.25, 0.3) is 0 Å². The molecule has 19 heavy (non-hydrogen) atoms. The van der Waals surface area contributed by atoms with Gasteiger partial charge in [-0.1, -0.05) is 6.92 Å². The summed E-state index contributed by atoms with van der Waals surface area (Å²) in [7, 11) is 6.75. The first-order valence-electron chi connectivity index (χ1n) is 6.09. The van der Waals surface area contributed by atoms with E-state index in [4.69, 9.17) is 9.47 Å². The molecule has 1 heterocycles. The van der Waals surface area contributed by atoms with Gasteiger partial charge in [0, 0.05) is 20.3 Å². The van der Waals surface area contributed by atoms with Crippen LogP contribution in [0.1, 0.15) is 13.3 Å². The number of carbonyl (C=O) groups is 1. The highest BCUT2D eigenvalue weighted by molar-refractivity contribution is 5.83. The van der Waals surface area contributed by atoms with Gasteiger partial charge in [-0.3, -0.25) is 0 Å². The van der Waals surface area contributed by atoms with Gasteiger partial charge in [-0.25, -0.2) is 9.78 Å². The molecular weight excluding hydrogens is 246 g/mol. The van der Waals surface area contributed by atoms with Gasteiger partial charge in [0.2, 0.25) is 5.88 Å². The lowest BCUT2D eigenvalue weighted by molar-refractivity contribution is -0.141. The van der Waals surface area contributed by atoms with E-state index in [9.17, 15) is 4.79 Å². The maximum Gasteiger partial charge on any atom is 0.328 e. The van der Waals surface area contributed by atoms with Crippen LogP contribution in [0.15, 0.2) is 12.3 Å². The Bertz CT molecular complexity index is 435. The molecule has 0 fully saturated rings. The molecule has 0 saturated heterocycles. The Labute approximate surface area is 113 Å². The molecule has 0 aliphatic heterocycles. The normalized spacial score (nSPS) is 11.6. The molecule has 1 aromatic heterocycles. The molecule has 1 aromatic rings. The Morgan fingerprint density at radius 2 is 2.16 bits per heavy atom. The summed E-state index contributed by atoms with van der Waals surface area (Å²) in [6.07, 6.45) is 2.27. The van der Waals surface area contributed by atoms with E-state index in [1.165, 1.54) is 7.11 Å². The van der Waals surface area contributed by atoms with Crippen molar-refractivity contribution in [1.29, 1.82) is 0 Å². The lowest BCUT2D eigenvalue weighted by Crippen LogP contribution is -2.31. The van der Waals surface area contributed by atoms with Crippen molar-refractivity contribution in [2.75, 3.05) is 38.5 Å². The Hall–Kier alpha value is -1.98. The van der Waals surface area contributed by atoms with Crippen molar-refractivity contribution in [2.24, 2.45) is 0 Å². The molecule has 0 bridgehead atoms. The number of nitrogens with one attached hydrogen (secondary N) is 1. The number of aromatic nitrogens is 1. The zero-order valence-electron chi connectivity index (χ0n) is 12.1. The second-order valence-electron chi connectivity index (χ2n) is 4.24. The Morgan fingerprint density at radius 1 is 1.47 bits per heavy atom. The van der Waals surface area contributed by atoms with Gasteiger partial charge < -0.3 is 19.7 Å². The van der Waals surface area contributed by atoms with Gasteiger partial charge in [-0.15, -0.1) is 0 Å². The van der Waals surface area contributed by atoms with Crippen molar-refractivity contribution in [2.45, 2.75) is 19.4 Å². The predicted molar refractivity (Wildman–Crippen MR) is 74.8 cm³/mol. The molecule has 1 unspecified atom stereocenters. The third kappa shape index (κ3) is 3.49. The first kappa shape index (κ1) is 15.1. The molecule has 0 radical (unpaired) electrons. The van der Waals surface area contributed by atoms with E-state index in [1.54, 1.807) is 13.3 Å². The number of ether oxygens (including phenoxy) is 2. The molecule has 1 N–H and O–H groups in total. The highest BCUT2D eigenvalue weighted by atomic mass is 16.5. The fourth-order valence-electron chi connectivity index (χ4n) is 1.74. The van der Waals surface area contributed by atoms with E-state index in [-0.39, 0.29) is 5.97 Å². The molecule has 0 aliphatic rings. The lowest BCUT2D eigenvalue weighted by atomic mass is 10.2. The number of rotatable bonds is 6. The minimum atomic E-state index is -0.429. The van der Waals surface area contributed by atoms with Crippen LogP contribution < -0.4 is 15.0 Å². The molecule has 6 heteroatoms. The highest BCUT2D eigenvalue weighted by Gasteiger charge is 2.21. The summed E-state index contributed by atoms with van der Waals surface area (Å²) in [5.74, 6) is 0.145. The van der Waals surface area contributed by atoms with Gasteiger partial charge >= 0.3 is 5.97 Å². The van der Waals surface area contributed by atoms with E-state index in [0.29, 0.717) is 18.0 Å². The van der Waals surface area contributed by atoms with Crippen LogP contribution in [0, 0.1) is 0 Å². The number of methoxy groups -OCH3 is 2. The second-order valence-corrected chi connectivity index (χ2v) is 4.24. The van der Waals surface area contributed by atoms with Gasteiger partial charge in [0.1, 0.15) is 11.7 Å². The van der Waals surface area contributed by atoms with Crippen LogP contribution >= 0.6 is 0 Å². The highest BCUT2D eigenvalue weighted by Crippen LogP contribution is 2.32. The first-order chi connectivity index (χ1) is 9.04. The summed E-state index contributed by atoms with van der Waals surface area (Å²) >= 11 is 0. The smallest absolute Gasteiger partial charge is 0.328 e. The van der Waals surface area contributed by atoms with Gasteiger partial charge in [-0.05, 0) is 12.5 Å². The van der Waals surface area contributed by atoms with Crippen molar-refractivity contribution in [3.05, 3.63) is 12.3 Å². The van der Waals surface area contributed by atoms with Crippen molar-refractivity contribution in [3.63, 3.8) is 0 Å². The van der Waals surface area contributed by atoms with Gasteiger partial charge in [0.15, 0.2) is 0 Å². The molecule has 1 rings (SSSR count). The van der Waals surface area contributed by atoms with Crippen molar-refractivity contribution in [1.82, 2.24) is 4.98 Å². The lowest BCUT2D eigenvalue weighted by Gasteiger charge is -2.23. The molecule has 1 atom stereocenters. The molecule has 0 aliphatic carbocycles. The fourth-order valence-corrected chi connectivity index (χ4v) is 1.74. The number of carbonyl (C=O) groups excluding carboxylic acids is 1. The summed E-state index contributed by atoms with van der Waals surface area (Å²) in [5, 5.41) is 3.15. The number of esters is 1. The Kier molecular flexibility index (Phi) is 5.41. The van der Waals surface area contributed by atoms with Gasteiger partial charge in [0.25, 0.3) is 0 Å². The summed E-state index contributed by atoms with van der Waals surface area (Å²) in [6.45, 7) is 1.91. The van der Waals surface area contributed by atoms with Crippen molar-refractivity contribution >= 4 is 17.3 Å². The molecule has 0 amide bonds. The standard InChI is InChI=1S/C13H21N3O3/c1-6-9(13(17)19-5)15-11-10(16(2)3)7-8-14-12(11)18-4/h7-9,15H,6H2,1-5H3. The number of nitrogens with zero attached hydrogens (tertiary/aromatic N) is 2. The van der Waals surface area contributed by atoms with E-state index in [2.05, 4.69) is 10.3 Å². The minimum absolute atomic E-state index is 0.307. The molecular formula is C13H21N3O3. The van der Waals surface area contributed by atoms with E-state index in [0.717, 1.165) is 5.69 Å². The van der Waals surface area contributed by atoms with Crippen LogP contribution in [-0.4, -0.2) is 45.3 Å². The molecule has 0 spiro atoms. The maximum atomic E-state index is 11.7. The summed E-state index contributed by atoms with van der Waals surface area (Å²) in [6, 6.07) is 1.43. The Morgan fingerprint density at radius 3 is 2.63 bits per heavy atom. The molecule has 0 aromatic carbocycles. The van der Waals surface area contributed by atoms with Crippen LogP contribution in [-0.2, 0) is 9.53 Å². The van der Waals surface area contributed by atoms with Crippen LogP contribution in [0.3, 0.4) is 0 Å². The zero-order valence-corrected chi connectivity index (χ0v) is 12.1. The second kappa shape index (κ2) is 6.82. The van der Waals surface area contributed by atoms with Crippen molar-refractivity contribution < 1.29 is 14.3 Å². The van der Waals surface area contributed by atoms with Crippen LogP contribution in [0.4, 0.5) is 11.4 Å². The monoisotopic (exact) mass is 267 g/mol. The van der Waals surface area contributed by atoms with E-state index < -0.39 is 6.04 Å². The SMILES string of the molecule is CCC(Nc1c(N(C)C)ccnc1OC)C(=O)OC. The fraction of sp³-hybridized carbons (Fsp3) is 0.538. The number of anilines is 2. The zero-order chi connectivity index (χ0) is 14.4. The van der Waals surface area contributed by atoms with E-state index in [1.807, 2.05) is 32.0 Å². The van der Waals surface area contributed by atoms with Gasteiger partial charge in [-0.2, -0.15) is 0 Å². The van der Waals surface area contributed by atoms with Gasteiger partial charge in [0.05, 0.1) is 19.9 Å². The number of hydrogen-bond donors (Lipinski definition) is 1. The quantitative estimate of drug-likeness (QED) is 0.788. The molecule has 0 saturated carbocycles. The van der Waals surface area contributed by atoms with Crippen molar-refractivity contribution in [3.8, 4) is 5.88 Å². The summed E-state index contributed by atoms with van der Waals surface area (Å²) in [5.41, 5.74) is 1.58.